The molecule has 3 rings (SSSR count). The van der Waals surface area contributed by atoms with Crippen molar-refractivity contribution in [3.05, 3.63) is 90.0 Å². The fourth-order valence-corrected chi connectivity index (χ4v) is 2.60. The number of hydrazone groups is 1. The van der Waals surface area contributed by atoms with E-state index in [1.807, 2.05) is 66.7 Å². The van der Waals surface area contributed by atoms with E-state index in [0.29, 0.717) is 12.4 Å². The lowest BCUT2D eigenvalue weighted by molar-refractivity contribution is -0.127. The smallest absolute Gasteiger partial charge is 0.280 e. The molecule has 0 fully saturated rings. The number of rotatable bonds is 9. The maximum Gasteiger partial charge on any atom is 0.280 e. The summed E-state index contributed by atoms with van der Waals surface area (Å²) in [7, 11) is 1.60. The SMILES string of the molecule is COc1cccc(C=NNC(=O)[C@H](C)Oc2ccc(OCc3ccccc3)cc2)c1. The van der Waals surface area contributed by atoms with Crippen molar-refractivity contribution in [2.45, 2.75) is 19.6 Å². The third-order valence-corrected chi connectivity index (χ3v) is 4.24. The van der Waals surface area contributed by atoms with Gasteiger partial charge in [0.2, 0.25) is 0 Å². The monoisotopic (exact) mass is 404 g/mol. The predicted molar refractivity (Wildman–Crippen MR) is 116 cm³/mol. The molecule has 6 heteroatoms. The Hall–Kier alpha value is -3.80. The number of methoxy groups -OCH3 is 1. The van der Waals surface area contributed by atoms with E-state index in [9.17, 15) is 4.79 Å². The number of hydrogen-bond donors (Lipinski definition) is 1. The highest BCUT2D eigenvalue weighted by Gasteiger charge is 2.14. The quantitative estimate of drug-likeness (QED) is 0.429. The predicted octanol–water partition coefficient (Wildman–Crippen LogP) is 4.19. The van der Waals surface area contributed by atoms with Crippen LogP contribution in [0.25, 0.3) is 0 Å². The Labute approximate surface area is 176 Å². The average molecular weight is 404 g/mol. The Bertz CT molecular complexity index is 972. The molecule has 0 radical (unpaired) electrons. The van der Waals surface area contributed by atoms with Gasteiger partial charge in [-0.3, -0.25) is 4.79 Å². The van der Waals surface area contributed by atoms with Gasteiger partial charge in [0.25, 0.3) is 5.91 Å². The maximum atomic E-state index is 12.2. The molecule has 30 heavy (non-hydrogen) atoms. The second-order valence-electron chi connectivity index (χ2n) is 6.52. The molecule has 0 unspecified atom stereocenters. The number of benzene rings is 3. The zero-order valence-electron chi connectivity index (χ0n) is 16.9. The largest absolute Gasteiger partial charge is 0.497 e. The van der Waals surface area contributed by atoms with Gasteiger partial charge < -0.3 is 14.2 Å². The van der Waals surface area contributed by atoms with Crippen LogP contribution in [0, 0.1) is 0 Å². The zero-order valence-corrected chi connectivity index (χ0v) is 16.9. The molecule has 0 aromatic heterocycles. The third kappa shape index (κ3) is 6.38. The minimum Gasteiger partial charge on any atom is -0.497 e. The summed E-state index contributed by atoms with van der Waals surface area (Å²) in [5.74, 6) is 1.67. The highest BCUT2D eigenvalue weighted by Crippen LogP contribution is 2.19. The van der Waals surface area contributed by atoms with E-state index in [1.165, 1.54) is 0 Å². The van der Waals surface area contributed by atoms with Crippen LogP contribution in [0.5, 0.6) is 17.2 Å². The van der Waals surface area contributed by atoms with Gasteiger partial charge in [0, 0.05) is 0 Å². The molecule has 3 aromatic carbocycles. The van der Waals surface area contributed by atoms with Gasteiger partial charge in [-0.05, 0) is 54.4 Å². The summed E-state index contributed by atoms with van der Waals surface area (Å²) in [6.45, 7) is 2.15. The topological polar surface area (TPSA) is 69.2 Å². The van der Waals surface area contributed by atoms with Crippen LogP contribution in [0.3, 0.4) is 0 Å². The number of nitrogens with zero attached hydrogens (tertiary/aromatic N) is 1. The van der Waals surface area contributed by atoms with Crippen molar-refractivity contribution in [1.82, 2.24) is 5.43 Å². The molecule has 1 N–H and O–H groups in total. The van der Waals surface area contributed by atoms with E-state index in [0.717, 1.165) is 22.6 Å². The van der Waals surface area contributed by atoms with Crippen molar-refractivity contribution in [3.8, 4) is 17.2 Å². The summed E-state index contributed by atoms with van der Waals surface area (Å²) in [6, 6.07) is 24.5. The molecule has 3 aromatic rings. The lowest BCUT2D eigenvalue weighted by atomic mass is 10.2. The van der Waals surface area contributed by atoms with Crippen LogP contribution in [-0.2, 0) is 11.4 Å². The second-order valence-corrected chi connectivity index (χ2v) is 6.52. The number of ether oxygens (including phenoxy) is 3. The Morgan fingerprint density at radius 2 is 1.70 bits per heavy atom. The molecule has 0 heterocycles. The Morgan fingerprint density at radius 3 is 2.43 bits per heavy atom. The summed E-state index contributed by atoms with van der Waals surface area (Å²) in [6.07, 6.45) is 0.843. The molecule has 1 amide bonds. The number of carbonyl (C=O) groups excluding carboxylic acids is 1. The van der Waals surface area contributed by atoms with Gasteiger partial charge in [0.05, 0.1) is 13.3 Å². The van der Waals surface area contributed by atoms with Crippen molar-refractivity contribution in [2.24, 2.45) is 5.10 Å². The molecular formula is C24H24N2O4. The minimum absolute atomic E-state index is 0.349. The minimum atomic E-state index is -0.705. The van der Waals surface area contributed by atoms with Gasteiger partial charge in [-0.1, -0.05) is 42.5 Å². The van der Waals surface area contributed by atoms with Crippen LogP contribution < -0.4 is 19.6 Å². The molecule has 0 saturated heterocycles. The standard InChI is InChI=1S/C24H24N2O4/c1-18(24(27)26-25-16-20-9-6-10-23(15-20)28-2)30-22-13-11-21(12-14-22)29-17-19-7-4-3-5-8-19/h3-16,18H,17H2,1-2H3,(H,26,27)/t18-/m0/s1. The van der Waals surface area contributed by atoms with Gasteiger partial charge in [-0.25, -0.2) is 5.43 Å². The number of nitrogens with one attached hydrogen (secondary N) is 1. The normalized spacial score (nSPS) is 11.7. The van der Waals surface area contributed by atoms with Crippen LogP contribution in [0.1, 0.15) is 18.1 Å². The van der Waals surface area contributed by atoms with Crippen LogP contribution in [0.15, 0.2) is 84.0 Å². The fourth-order valence-electron chi connectivity index (χ4n) is 2.60. The van der Waals surface area contributed by atoms with Crippen molar-refractivity contribution in [1.29, 1.82) is 0 Å². The molecule has 0 aliphatic heterocycles. The van der Waals surface area contributed by atoms with Crippen LogP contribution in [0.4, 0.5) is 0 Å². The van der Waals surface area contributed by atoms with Crippen molar-refractivity contribution < 1.29 is 19.0 Å². The van der Waals surface area contributed by atoms with E-state index in [-0.39, 0.29) is 5.91 Å². The summed E-state index contributed by atoms with van der Waals surface area (Å²) >= 11 is 0. The van der Waals surface area contributed by atoms with Gasteiger partial charge in [0.1, 0.15) is 23.9 Å². The van der Waals surface area contributed by atoms with Crippen LogP contribution >= 0.6 is 0 Å². The first kappa shape index (κ1) is 20.9. The van der Waals surface area contributed by atoms with Crippen LogP contribution in [0.2, 0.25) is 0 Å². The number of carbonyl (C=O) groups is 1. The molecule has 154 valence electrons. The maximum absolute atomic E-state index is 12.2. The molecule has 0 aliphatic carbocycles. The highest BCUT2D eigenvalue weighted by molar-refractivity contribution is 5.84. The molecule has 0 saturated carbocycles. The highest BCUT2D eigenvalue weighted by atomic mass is 16.5. The molecule has 6 nitrogen and oxygen atoms in total. The number of hydrogen-bond acceptors (Lipinski definition) is 5. The zero-order chi connectivity index (χ0) is 21.2. The van der Waals surface area contributed by atoms with Crippen molar-refractivity contribution in [2.75, 3.05) is 7.11 Å². The van der Waals surface area contributed by atoms with E-state index in [1.54, 1.807) is 32.4 Å². The Morgan fingerprint density at radius 1 is 0.967 bits per heavy atom. The summed E-state index contributed by atoms with van der Waals surface area (Å²) in [4.78, 5) is 12.2. The molecule has 1 atom stereocenters. The van der Waals surface area contributed by atoms with E-state index < -0.39 is 6.10 Å². The lowest BCUT2D eigenvalue weighted by Crippen LogP contribution is -2.33. The summed E-state index contributed by atoms with van der Waals surface area (Å²) in [5.41, 5.74) is 4.39. The fraction of sp³-hybridized carbons (Fsp3) is 0.167. The summed E-state index contributed by atoms with van der Waals surface area (Å²) in [5, 5.41) is 3.97. The average Bonchev–Trinajstić information content (AvgIpc) is 2.79. The van der Waals surface area contributed by atoms with Crippen molar-refractivity contribution >= 4 is 12.1 Å². The molecule has 0 aliphatic rings. The van der Waals surface area contributed by atoms with Crippen LogP contribution in [-0.4, -0.2) is 25.3 Å². The van der Waals surface area contributed by atoms with Crippen molar-refractivity contribution in [3.63, 3.8) is 0 Å². The first-order valence-corrected chi connectivity index (χ1v) is 9.54. The van der Waals surface area contributed by atoms with E-state index in [2.05, 4.69) is 10.5 Å². The Balaban J connectivity index is 1.46. The second kappa shape index (κ2) is 10.7. The summed E-state index contributed by atoms with van der Waals surface area (Å²) < 4.78 is 16.6. The third-order valence-electron chi connectivity index (χ3n) is 4.24. The van der Waals surface area contributed by atoms with Gasteiger partial charge in [-0.15, -0.1) is 0 Å². The number of amides is 1. The lowest BCUT2D eigenvalue weighted by Gasteiger charge is -2.13. The van der Waals surface area contributed by atoms with Gasteiger partial charge in [0.15, 0.2) is 6.10 Å². The first-order chi connectivity index (χ1) is 14.6. The van der Waals surface area contributed by atoms with E-state index >= 15 is 0 Å². The van der Waals surface area contributed by atoms with E-state index in [4.69, 9.17) is 14.2 Å². The molecule has 0 spiro atoms. The van der Waals surface area contributed by atoms with Gasteiger partial charge >= 0.3 is 0 Å². The molecule has 0 bridgehead atoms. The van der Waals surface area contributed by atoms with Gasteiger partial charge in [-0.2, -0.15) is 5.10 Å². The molecular weight excluding hydrogens is 380 g/mol. The Kier molecular flexibility index (Phi) is 7.44. The first-order valence-electron chi connectivity index (χ1n) is 9.54.